The fourth-order valence-electron chi connectivity index (χ4n) is 4.62. The molecule has 8 nitrogen and oxygen atoms in total. The SMILES string of the molecule is CN[C@H]1CCN(C(=O)c2nc(-c3ccc(C#N)c(F)c3)n(-c3cc(F)c4nn(C)cc4c3)c2C)C1. The number of imidazole rings is 1. The fraction of sp³-hybridized carbons (Fsp3) is 0.280. The van der Waals surface area contributed by atoms with E-state index in [1.165, 1.54) is 22.9 Å². The van der Waals surface area contributed by atoms with Gasteiger partial charge in [0, 0.05) is 49.4 Å². The van der Waals surface area contributed by atoms with Crippen molar-refractivity contribution in [2.45, 2.75) is 19.4 Å². The third kappa shape index (κ3) is 3.84. The fourth-order valence-corrected chi connectivity index (χ4v) is 4.62. The summed E-state index contributed by atoms with van der Waals surface area (Å²) < 4.78 is 32.7. The number of hydrogen-bond acceptors (Lipinski definition) is 5. The van der Waals surface area contributed by atoms with Crippen LogP contribution in [0.2, 0.25) is 0 Å². The van der Waals surface area contributed by atoms with Crippen molar-refractivity contribution >= 4 is 16.8 Å². The van der Waals surface area contributed by atoms with E-state index in [9.17, 15) is 13.6 Å². The number of amides is 1. The number of nitrogens with one attached hydrogen (secondary N) is 1. The van der Waals surface area contributed by atoms with Crippen molar-refractivity contribution < 1.29 is 13.6 Å². The van der Waals surface area contributed by atoms with Gasteiger partial charge in [0.2, 0.25) is 0 Å². The normalized spacial score (nSPS) is 15.7. The van der Waals surface area contributed by atoms with Crippen LogP contribution in [0.3, 0.4) is 0 Å². The van der Waals surface area contributed by atoms with Crippen LogP contribution >= 0.6 is 0 Å². The number of carbonyl (C=O) groups excluding carboxylic acids is 1. The van der Waals surface area contributed by atoms with Gasteiger partial charge in [0.25, 0.3) is 5.91 Å². The van der Waals surface area contributed by atoms with Gasteiger partial charge in [-0.3, -0.25) is 14.0 Å². The third-order valence-electron chi connectivity index (χ3n) is 6.46. The largest absolute Gasteiger partial charge is 0.336 e. The Bertz CT molecular complexity index is 1510. The number of likely N-dealkylation sites (tertiary alicyclic amines) is 1. The number of likely N-dealkylation sites (N-methyl/N-ethyl adjacent to an activating group) is 1. The van der Waals surface area contributed by atoms with Crippen molar-refractivity contribution in [3.05, 3.63) is 65.1 Å². The lowest BCUT2D eigenvalue weighted by molar-refractivity contribution is 0.0783. The number of aryl methyl sites for hydroxylation is 1. The van der Waals surface area contributed by atoms with Crippen LogP contribution in [0.25, 0.3) is 28.0 Å². The van der Waals surface area contributed by atoms with E-state index < -0.39 is 11.6 Å². The highest BCUT2D eigenvalue weighted by Crippen LogP contribution is 2.31. The van der Waals surface area contributed by atoms with Gasteiger partial charge in [0.05, 0.1) is 16.9 Å². The van der Waals surface area contributed by atoms with Crippen molar-refractivity contribution in [2.75, 3.05) is 20.1 Å². The van der Waals surface area contributed by atoms with E-state index in [-0.39, 0.29) is 34.5 Å². The number of fused-ring (bicyclic) bond motifs is 1. The lowest BCUT2D eigenvalue weighted by Gasteiger charge is -2.16. The number of hydrogen-bond donors (Lipinski definition) is 1. The molecule has 0 bridgehead atoms. The van der Waals surface area contributed by atoms with E-state index >= 15 is 0 Å². The molecule has 0 spiro atoms. The number of benzene rings is 2. The molecule has 0 saturated carbocycles. The van der Waals surface area contributed by atoms with Gasteiger partial charge in [-0.1, -0.05) is 0 Å². The maximum absolute atomic E-state index is 15.0. The van der Waals surface area contributed by atoms with Crippen molar-refractivity contribution in [1.82, 2.24) is 29.5 Å². The second-order valence-corrected chi connectivity index (χ2v) is 8.70. The zero-order valence-electron chi connectivity index (χ0n) is 19.5. The van der Waals surface area contributed by atoms with Crippen LogP contribution in [0.5, 0.6) is 0 Å². The van der Waals surface area contributed by atoms with Gasteiger partial charge in [-0.15, -0.1) is 0 Å². The van der Waals surface area contributed by atoms with E-state index in [1.807, 2.05) is 7.05 Å². The van der Waals surface area contributed by atoms with Gasteiger partial charge >= 0.3 is 0 Å². The number of nitrogens with zero attached hydrogens (tertiary/aromatic N) is 6. The van der Waals surface area contributed by atoms with Crippen LogP contribution < -0.4 is 5.32 Å². The standard InChI is InChI=1S/C25H23F2N7O/c1-14-22(25(35)33-7-6-18(13-33)29-2)30-24(15-4-5-16(11-28)20(26)9-15)34(14)19-8-17-12-32(3)31-23(17)21(27)10-19/h4-5,8-10,12,18,29H,6-7,13H2,1-3H3/t18-/m0/s1. The first-order chi connectivity index (χ1) is 16.8. The molecular formula is C25H23F2N7O. The molecule has 5 rings (SSSR count). The second-order valence-electron chi connectivity index (χ2n) is 8.70. The number of carbonyl (C=O) groups is 1. The molecule has 10 heteroatoms. The Morgan fingerprint density at radius 2 is 2.03 bits per heavy atom. The molecule has 2 aromatic carbocycles. The molecule has 4 aromatic rings. The summed E-state index contributed by atoms with van der Waals surface area (Å²) in [5.41, 5.74) is 1.65. The van der Waals surface area contributed by atoms with E-state index in [1.54, 1.807) is 47.8 Å². The average molecular weight is 476 g/mol. The molecule has 1 amide bonds. The molecule has 0 radical (unpaired) electrons. The summed E-state index contributed by atoms with van der Waals surface area (Å²) in [4.78, 5) is 19.8. The summed E-state index contributed by atoms with van der Waals surface area (Å²) in [5, 5.41) is 17.0. The van der Waals surface area contributed by atoms with Crippen LogP contribution in [0.1, 0.15) is 28.2 Å². The van der Waals surface area contributed by atoms with Crippen LogP contribution in [0, 0.1) is 29.9 Å². The van der Waals surface area contributed by atoms with Gasteiger partial charge in [-0.2, -0.15) is 10.4 Å². The minimum atomic E-state index is -0.699. The number of halogens is 2. The minimum Gasteiger partial charge on any atom is -0.336 e. The average Bonchev–Trinajstić information content (AvgIpc) is 3.55. The van der Waals surface area contributed by atoms with Crippen molar-refractivity contribution in [2.24, 2.45) is 7.05 Å². The molecule has 0 unspecified atom stereocenters. The molecule has 1 N–H and O–H groups in total. The summed E-state index contributed by atoms with van der Waals surface area (Å²) in [7, 11) is 3.57. The van der Waals surface area contributed by atoms with Crippen molar-refractivity contribution in [1.29, 1.82) is 5.26 Å². The van der Waals surface area contributed by atoms with Crippen molar-refractivity contribution in [3.8, 4) is 23.1 Å². The highest BCUT2D eigenvalue weighted by atomic mass is 19.1. The Hall–Kier alpha value is -4.10. The number of aromatic nitrogens is 4. The highest BCUT2D eigenvalue weighted by Gasteiger charge is 2.30. The van der Waals surface area contributed by atoms with Gasteiger partial charge < -0.3 is 10.2 Å². The van der Waals surface area contributed by atoms with E-state index in [0.29, 0.717) is 35.4 Å². The third-order valence-corrected chi connectivity index (χ3v) is 6.46. The smallest absolute Gasteiger partial charge is 0.274 e. The first-order valence-corrected chi connectivity index (χ1v) is 11.2. The molecule has 1 saturated heterocycles. The van der Waals surface area contributed by atoms with Crippen LogP contribution in [0.15, 0.2) is 36.5 Å². The highest BCUT2D eigenvalue weighted by molar-refractivity contribution is 5.95. The predicted octanol–water partition coefficient (Wildman–Crippen LogP) is 3.32. The second kappa shape index (κ2) is 8.60. The quantitative estimate of drug-likeness (QED) is 0.489. The number of nitriles is 1. The Balaban J connectivity index is 1.70. The Morgan fingerprint density at radius 3 is 2.71 bits per heavy atom. The zero-order chi connectivity index (χ0) is 24.9. The zero-order valence-corrected chi connectivity index (χ0v) is 19.5. The van der Waals surface area contributed by atoms with Crippen molar-refractivity contribution in [3.63, 3.8) is 0 Å². The lowest BCUT2D eigenvalue weighted by Crippen LogP contribution is -2.34. The van der Waals surface area contributed by atoms with Crippen LogP contribution in [0.4, 0.5) is 8.78 Å². The molecule has 1 fully saturated rings. The van der Waals surface area contributed by atoms with E-state index in [4.69, 9.17) is 5.26 Å². The monoisotopic (exact) mass is 475 g/mol. The summed E-state index contributed by atoms with van der Waals surface area (Å²) in [5.74, 6) is -1.18. The summed E-state index contributed by atoms with van der Waals surface area (Å²) in [6.07, 6.45) is 2.53. The molecule has 2 aromatic heterocycles. The summed E-state index contributed by atoms with van der Waals surface area (Å²) in [6, 6.07) is 9.23. The summed E-state index contributed by atoms with van der Waals surface area (Å²) in [6.45, 7) is 2.88. The Morgan fingerprint density at radius 1 is 1.23 bits per heavy atom. The topological polar surface area (TPSA) is 91.8 Å². The predicted molar refractivity (Wildman–Crippen MR) is 126 cm³/mol. The molecule has 1 aliphatic rings. The first kappa shape index (κ1) is 22.7. The molecule has 178 valence electrons. The van der Waals surface area contributed by atoms with Crippen LogP contribution in [-0.2, 0) is 7.05 Å². The minimum absolute atomic E-state index is 0.0992. The van der Waals surface area contributed by atoms with Crippen LogP contribution in [-0.4, -0.2) is 56.3 Å². The Labute approximate surface area is 200 Å². The van der Waals surface area contributed by atoms with Gasteiger partial charge in [0.1, 0.15) is 28.9 Å². The molecular weight excluding hydrogens is 452 g/mol. The van der Waals surface area contributed by atoms with Gasteiger partial charge in [0.15, 0.2) is 5.82 Å². The molecule has 35 heavy (non-hydrogen) atoms. The molecule has 3 heterocycles. The van der Waals surface area contributed by atoms with Gasteiger partial charge in [-0.05, 0) is 44.7 Å². The van der Waals surface area contributed by atoms with E-state index in [0.717, 1.165) is 6.42 Å². The number of rotatable bonds is 4. The molecule has 0 aliphatic carbocycles. The summed E-state index contributed by atoms with van der Waals surface area (Å²) >= 11 is 0. The maximum atomic E-state index is 15.0. The first-order valence-electron chi connectivity index (χ1n) is 11.2. The Kier molecular flexibility index (Phi) is 5.57. The van der Waals surface area contributed by atoms with Gasteiger partial charge in [-0.25, -0.2) is 13.8 Å². The molecule has 1 aliphatic heterocycles. The molecule has 1 atom stereocenters. The maximum Gasteiger partial charge on any atom is 0.274 e. The lowest BCUT2D eigenvalue weighted by atomic mass is 10.1. The van der Waals surface area contributed by atoms with E-state index in [2.05, 4.69) is 15.4 Å².